The number of nitrogens with zero attached hydrogens (tertiary/aromatic N) is 4. The molecule has 0 radical (unpaired) electrons. The molecule has 2 aliphatic rings. The van der Waals surface area contributed by atoms with E-state index in [0.29, 0.717) is 34.2 Å². The lowest BCUT2D eigenvalue weighted by atomic mass is 10.1. The average molecular weight is 471 g/mol. The molecule has 0 atom stereocenters. The molecule has 5 rings (SSSR count). The monoisotopic (exact) mass is 470 g/mol. The van der Waals surface area contributed by atoms with Crippen molar-refractivity contribution in [2.24, 2.45) is 7.05 Å². The highest BCUT2D eigenvalue weighted by Gasteiger charge is 2.32. The van der Waals surface area contributed by atoms with Crippen molar-refractivity contribution >= 4 is 33.0 Å². The Bertz CT molecular complexity index is 1290. The molecule has 1 fully saturated rings. The summed E-state index contributed by atoms with van der Waals surface area (Å²) in [7, 11) is -1.87. The van der Waals surface area contributed by atoms with Crippen molar-refractivity contribution in [3.8, 4) is 10.7 Å². The van der Waals surface area contributed by atoms with Crippen molar-refractivity contribution in [1.29, 1.82) is 0 Å². The van der Waals surface area contributed by atoms with Gasteiger partial charge in [-0.05, 0) is 50.3 Å². The van der Waals surface area contributed by atoms with E-state index in [1.807, 2.05) is 43.1 Å². The van der Waals surface area contributed by atoms with Crippen LogP contribution < -0.4 is 4.31 Å². The summed E-state index contributed by atoms with van der Waals surface area (Å²) in [6.07, 6.45) is 5.58. The van der Waals surface area contributed by atoms with Crippen LogP contribution in [0.25, 0.3) is 10.7 Å². The van der Waals surface area contributed by atoms with E-state index >= 15 is 0 Å². The number of carbonyl (C=O) groups excluding carboxylic acids is 1. The molecule has 1 amide bonds. The second-order valence-electron chi connectivity index (χ2n) is 8.41. The van der Waals surface area contributed by atoms with Crippen LogP contribution in [0.4, 0.5) is 5.69 Å². The summed E-state index contributed by atoms with van der Waals surface area (Å²) in [6, 6.07) is 9.29. The Morgan fingerprint density at radius 2 is 1.84 bits per heavy atom. The van der Waals surface area contributed by atoms with Gasteiger partial charge in [0, 0.05) is 32.9 Å². The fraction of sp³-hybridized carbons (Fsp3) is 0.391. The van der Waals surface area contributed by atoms with Gasteiger partial charge in [0.1, 0.15) is 14.8 Å². The third-order valence-corrected chi connectivity index (χ3v) is 9.21. The average Bonchev–Trinajstić information content (AvgIpc) is 3.50. The first-order valence-corrected chi connectivity index (χ1v) is 13.2. The normalized spacial score (nSPS) is 16.4. The van der Waals surface area contributed by atoms with E-state index in [4.69, 9.17) is 0 Å². The van der Waals surface area contributed by atoms with Crippen LogP contribution in [-0.4, -0.2) is 48.4 Å². The van der Waals surface area contributed by atoms with Gasteiger partial charge >= 0.3 is 0 Å². The molecule has 0 saturated carbocycles. The van der Waals surface area contributed by atoms with Crippen LogP contribution in [0, 0.1) is 6.92 Å². The molecule has 2 aliphatic heterocycles. The molecule has 0 aliphatic carbocycles. The van der Waals surface area contributed by atoms with Crippen LogP contribution in [0.2, 0.25) is 0 Å². The number of hydrogen-bond donors (Lipinski definition) is 0. The highest BCUT2D eigenvalue weighted by Crippen LogP contribution is 2.36. The van der Waals surface area contributed by atoms with Crippen molar-refractivity contribution in [2.75, 3.05) is 23.9 Å². The molecule has 1 aromatic carbocycles. The van der Waals surface area contributed by atoms with Crippen molar-refractivity contribution in [1.82, 2.24) is 14.5 Å². The smallest absolute Gasteiger partial charge is 0.265 e. The third kappa shape index (κ3) is 3.53. The Hall–Kier alpha value is -2.65. The molecule has 0 bridgehead atoms. The van der Waals surface area contributed by atoms with Gasteiger partial charge in [0.05, 0.1) is 17.1 Å². The van der Waals surface area contributed by atoms with E-state index < -0.39 is 10.0 Å². The second kappa shape index (κ2) is 8.04. The first kappa shape index (κ1) is 21.2. The number of piperidine rings is 1. The summed E-state index contributed by atoms with van der Waals surface area (Å²) < 4.78 is 30.1. The molecule has 0 unspecified atom stereocenters. The number of fused-ring (bicyclic) bond motifs is 1. The topological polar surface area (TPSA) is 75.5 Å². The maximum Gasteiger partial charge on any atom is 0.265 e. The number of aryl methyl sites for hydroxylation is 2. The zero-order chi connectivity index (χ0) is 22.5. The minimum Gasteiger partial charge on any atom is -0.347 e. The van der Waals surface area contributed by atoms with E-state index in [2.05, 4.69) is 4.98 Å². The maximum atomic E-state index is 13.4. The standard InChI is InChI=1S/C23H26N4O3S2/c1-16-21(23(28)26-11-6-3-7-12-26)31-22(24-16)20-14-18(15-25(20)2)32(29,30)27-13-10-17-8-4-5-9-19(17)27/h4-5,8-9,14-15H,3,6-7,10-13H2,1-2H3. The Morgan fingerprint density at radius 1 is 1.09 bits per heavy atom. The molecule has 2 aromatic heterocycles. The van der Waals surface area contributed by atoms with E-state index in [1.165, 1.54) is 22.1 Å². The molecule has 4 heterocycles. The summed E-state index contributed by atoms with van der Waals surface area (Å²) in [5.41, 5.74) is 3.18. The van der Waals surface area contributed by atoms with Crippen LogP contribution in [0.1, 0.15) is 40.2 Å². The highest BCUT2D eigenvalue weighted by molar-refractivity contribution is 7.92. The van der Waals surface area contributed by atoms with Gasteiger partial charge in [0.2, 0.25) is 0 Å². The number of para-hydroxylation sites is 1. The van der Waals surface area contributed by atoms with Crippen LogP contribution in [0.5, 0.6) is 0 Å². The summed E-state index contributed by atoms with van der Waals surface area (Å²) in [6.45, 7) is 3.86. The largest absolute Gasteiger partial charge is 0.347 e. The van der Waals surface area contributed by atoms with Crippen molar-refractivity contribution < 1.29 is 13.2 Å². The molecule has 168 valence electrons. The van der Waals surface area contributed by atoms with Crippen molar-refractivity contribution in [2.45, 2.75) is 37.5 Å². The molecule has 3 aromatic rings. The summed E-state index contributed by atoms with van der Waals surface area (Å²) in [5.74, 6) is 0.0293. The number of thiazole rings is 1. The van der Waals surface area contributed by atoms with Crippen LogP contribution in [-0.2, 0) is 23.5 Å². The lowest BCUT2D eigenvalue weighted by molar-refractivity contribution is 0.0728. The lowest BCUT2D eigenvalue weighted by Gasteiger charge is -2.26. The molecule has 0 spiro atoms. The predicted octanol–water partition coefficient (Wildman–Crippen LogP) is 3.83. The predicted molar refractivity (Wildman–Crippen MR) is 126 cm³/mol. The Kier molecular flexibility index (Phi) is 5.33. The lowest BCUT2D eigenvalue weighted by Crippen LogP contribution is -2.35. The fourth-order valence-electron chi connectivity index (χ4n) is 4.52. The zero-order valence-electron chi connectivity index (χ0n) is 18.2. The van der Waals surface area contributed by atoms with Gasteiger partial charge < -0.3 is 9.47 Å². The first-order valence-electron chi connectivity index (χ1n) is 10.9. The maximum absolute atomic E-state index is 13.4. The molecular formula is C23H26N4O3S2. The number of benzene rings is 1. The SMILES string of the molecule is Cc1nc(-c2cc(S(=O)(=O)N3CCc4ccccc43)cn2C)sc1C(=O)N1CCCCC1. The van der Waals surface area contributed by atoms with Crippen LogP contribution in [0.15, 0.2) is 41.4 Å². The van der Waals surface area contributed by atoms with Gasteiger partial charge in [-0.25, -0.2) is 13.4 Å². The van der Waals surface area contributed by atoms with E-state index in [-0.39, 0.29) is 10.8 Å². The van der Waals surface area contributed by atoms with Gasteiger partial charge in [-0.15, -0.1) is 11.3 Å². The molecule has 7 nitrogen and oxygen atoms in total. The number of likely N-dealkylation sites (tertiary alicyclic amines) is 1. The van der Waals surface area contributed by atoms with Crippen LogP contribution >= 0.6 is 11.3 Å². The number of carbonyl (C=O) groups is 1. The second-order valence-corrected chi connectivity index (χ2v) is 11.3. The highest BCUT2D eigenvalue weighted by atomic mass is 32.2. The Labute approximate surface area is 192 Å². The number of hydrogen-bond acceptors (Lipinski definition) is 5. The number of rotatable bonds is 4. The molecule has 32 heavy (non-hydrogen) atoms. The molecule has 1 saturated heterocycles. The van der Waals surface area contributed by atoms with Gasteiger partial charge in [-0.1, -0.05) is 18.2 Å². The number of anilines is 1. The Balaban J connectivity index is 1.46. The zero-order valence-corrected chi connectivity index (χ0v) is 19.9. The van der Waals surface area contributed by atoms with E-state index in [1.54, 1.807) is 16.8 Å². The Morgan fingerprint density at radius 3 is 2.62 bits per heavy atom. The molecule has 0 N–H and O–H groups in total. The van der Waals surface area contributed by atoms with Crippen molar-refractivity contribution in [3.05, 3.63) is 52.7 Å². The van der Waals surface area contributed by atoms with Crippen LogP contribution in [0.3, 0.4) is 0 Å². The number of aromatic nitrogens is 2. The first-order chi connectivity index (χ1) is 15.4. The minimum absolute atomic E-state index is 0.0293. The fourth-order valence-corrected chi connectivity index (χ4v) is 7.19. The van der Waals surface area contributed by atoms with Gasteiger partial charge in [0.15, 0.2) is 0 Å². The number of sulfonamides is 1. The minimum atomic E-state index is -3.68. The molecular weight excluding hydrogens is 444 g/mol. The van der Waals surface area contributed by atoms with Gasteiger partial charge in [-0.3, -0.25) is 9.10 Å². The van der Waals surface area contributed by atoms with Gasteiger partial charge in [0.25, 0.3) is 15.9 Å². The quantitative estimate of drug-likeness (QED) is 0.581. The number of amides is 1. The summed E-state index contributed by atoms with van der Waals surface area (Å²) in [5, 5.41) is 0.661. The summed E-state index contributed by atoms with van der Waals surface area (Å²) in [4.78, 5) is 20.4. The van der Waals surface area contributed by atoms with E-state index in [0.717, 1.165) is 37.2 Å². The van der Waals surface area contributed by atoms with Gasteiger partial charge in [-0.2, -0.15) is 0 Å². The van der Waals surface area contributed by atoms with E-state index in [9.17, 15) is 13.2 Å². The molecule has 9 heteroatoms. The third-order valence-electron chi connectivity index (χ3n) is 6.27. The van der Waals surface area contributed by atoms with Crippen molar-refractivity contribution in [3.63, 3.8) is 0 Å². The summed E-state index contributed by atoms with van der Waals surface area (Å²) >= 11 is 1.34.